The maximum absolute atomic E-state index is 11.2. The van der Waals surface area contributed by atoms with E-state index in [1.54, 1.807) is 24.3 Å². The van der Waals surface area contributed by atoms with Gasteiger partial charge in [0.15, 0.2) is 4.34 Å². The topological polar surface area (TPSA) is 89.1 Å². The van der Waals surface area contributed by atoms with Gasteiger partial charge in [-0.3, -0.25) is 4.79 Å². The highest BCUT2D eigenvalue weighted by molar-refractivity contribution is 8.01. The summed E-state index contributed by atoms with van der Waals surface area (Å²) in [5, 5.41) is 16.3. The quantitative estimate of drug-likeness (QED) is 0.824. The van der Waals surface area contributed by atoms with E-state index in [4.69, 9.17) is 5.73 Å². The molecule has 0 radical (unpaired) electrons. The number of hydrogen-bond donors (Lipinski definition) is 2. The molecule has 0 fully saturated rings. The Bertz CT molecular complexity index is 515. The standard InChI is InChI=1S/C10H9N3O2S2/c11-9-12-13-10(17-9)16-7(8(14)15)6-4-2-1-3-5-6/h1-5,7H,(H2,11,12)(H,14,15)/t7-/m0/s1. The lowest BCUT2D eigenvalue weighted by Crippen LogP contribution is -2.07. The SMILES string of the molecule is Nc1nnc(S[C@H](C(=O)O)c2ccccc2)s1. The maximum Gasteiger partial charge on any atom is 0.321 e. The fraction of sp³-hybridized carbons (Fsp3) is 0.100. The first kappa shape index (κ1) is 11.9. The minimum absolute atomic E-state index is 0.338. The minimum atomic E-state index is -0.907. The van der Waals surface area contributed by atoms with Gasteiger partial charge in [0.2, 0.25) is 5.13 Å². The summed E-state index contributed by atoms with van der Waals surface area (Å²) in [6, 6.07) is 9.00. The zero-order valence-electron chi connectivity index (χ0n) is 8.61. The van der Waals surface area contributed by atoms with E-state index in [1.807, 2.05) is 6.07 Å². The minimum Gasteiger partial charge on any atom is -0.480 e. The first-order valence-electron chi connectivity index (χ1n) is 4.70. The number of carboxylic acid groups (broad SMARTS) is 1. The summed E-state index contributed by atoms with van der Waals surface area (Å²) in [6.45, 7) is 0. The van der Waals surface area contributed by atoms with E-state index in [2.05, 4.69) is 10.2 Å². The number of nitrogens with two attached hydrogens (primary N) is 1. The number of aromatic nitrogens is 2. The molecule has 0 bridgehead atoms. The molecule has 0 unspecified atom stereocenters. The van der Waals surface area contributed by atoms with Gasteiger partial charge in [-0.2, -0.15) is 0 Å². The molecule has 0 aliphatic heterocycles. The Labute approximate surface area is 106 Å². The molecule has 0 aliphatic carbocycles. The first-order valence-corrected chi connectivity index (χ1v) is 6.40. The third kappa shape index (κ3) is 2.95. The van der Waals surface area contributed by atoms with Crippen molar-refractivity contribution in [3.05, 3.63) is 35.9 Å². The molecule has 1 heterocycles. The fourth-order valence-electron chi connectivity index (χ4n) is 1.26. The Balaban J connectivity index is 2.22. The Kier molecular flexibility index (Phi) is 3.60. The first-order chi connectivity index (χ1) is 8.16. The van der Waals surface area contributed by atoms with Gasteiger partial charge in [-0.25, -0.2) is 0 Å². The van der Waals surface area contributed by atoms with E-state index in [9.17, 15) is 9.90 Å². The molecule has 3 N–H and O–H groups in total. The summed E-state index contributed by atoms with van der Waals surface area (Å²) in [7, 11) is 0. The van der Waals surface area contributed by atoms with Gasteiger partial charge in [0.25, 0.3) is 0 Å². The highest BCUT2D eigenvalue weighted by atomic mass is 32.2. The molecule has 0 saturated carbocycles. The Morgan fingerprint density at radius 1 is 1.35 bits per heavy atom. The van der Waals surface area contributed by atoms with Gasteiger partial charge in [-0.15, -0.1) is 10.2 Å². The number of nitrogen functional groups attached to an aromatic ring is 1. The number of thioether (sulfide) groups is 1. The average molecular weight is 267 g/mol. The van der Waals surface area contributed by atoms with Gasteiger partial charge in [-0.05, 0) is 5.56 Å². The Morgan fingerprint density at radius 3 is 2.59 bits per heavy atom. The summed E-state index contributed by atoms with van der Waals surface area (Å²) in [4.78, 5) is 11.2. The highest BCUT2D eigenvalue weighted by Gasteiger charge is 2.22. The van der Waals surface area contributed by atoms with E-state index in [-0.39, 0.29) is 0 Å². The smallest absolute Gasteiger partial charge is 0.321 e. The van der Waals surface area contributed by atoms with Gasteiger partial charge < -0.3 is 10.8 Å². The zero-order valence-corrected chi connectivity index (χ0v) is 10.2. The van der Waals surface area contributed by atoms with Crippen molar-refractivity contribution in [2.45, 2.75) is 9.59 Å². The predicted octanol–water partition coefficient (Wildman–Crippen LogP) is 2.04. The number of benzene rings is 1. The summed E-state index contributed by atoms with van der Waals surface area (Å²) in [6.07, 6.45) is 0. The van der Waals surface area contributed by atoms with Crippen molar-refractivity contribution < 1.29 is 9.90 Å². The van der Waals surface area contributed by atoms with Crippen LogP contribution in [-0.4, -0.2) is 21.3 Å². The van der Waals surface area contributed by atoms with E-state index >= 15 is 0 Å². The number of rotatable bonds is 4. The molecule has 1 aromatic carbocycles. The largest absolute Gasteiger partial charge is 0.480 e. The predicted molar refractivity (Wildman–Crippen MR) is 67.0 cm³/mol. The molecule has 0 spiro atoms. The van der Waals surface area contributed by atoms with Gasteiger partial charge in [0, 0.05) is 0 Å². The third-order valence-corrected chi connectivity index (χ3v) is 4.05. The van der Waals surface area contributed by atoms with Crippen LogP contribution in [0, 0.1) is 0 Å². The van der Waals surface area contributed by atoms with Crippen LogP contribution < -0.4 is 5.73 Å². The van der Waals surface area contributed by atoms with E-state index in [1.165, 1.54) is 11.3 Å². The van der Waals surface area contributed by atoms with Crippen LogP contribution in [0.25, 0.3) is 0 Å². The highest BCUT2D eigenvalue weighted by Crippen LogP contribution is 2.37. The molecular formula is C10H9N3O2S2. The molecule has 0 saturated heterocycles. The molecule has 7 heteroatoms. The van der Waals surface area contributed by atoms with Gasteiger partial charge in [-0.1, -0.05) is 53.4 Å². The molecular weight excluding hydrogens is 258 g/mol. The van der Waals surface area contributed by atoms with Crippen molar-refractivity contribution in [3.8, 4) is 0 Å². The number of nitrogens with zero attached hydrogens (tertiary/aromatic N) is 2. The fourth-order valence-corrected chi connectivity index (χ4v) is 3.02. The van der Waals surface area contributed by atoms with Crippen LogP contribution in [0.15, 0.2) is 34.7 Å². The van der Waals surface area contributed by atoms with Gasteiger partial charge in [0.05, 0.1) is 0 Å². The van der Waals surface area contributed by atoms with Crippen LogP contribution in [-0.2, 0) is 4.79 Å². The molecule has 2 rings (SSSR count). The van der Waals surface area contributed by atoms with Crippen molar-refractivity contribution >= 4 is 34.2 Å². The summed E-state index contributed by atoms with van der Waals surface area (Å²) in [5.74, 6) is -0.907. The summed E-state index contributed by atoms with van der Waals surface area (Å²) in [5.41, 5.74) is 6.17. The Morgan fingerprint density at radius 2 is 2.06 bits per heavy atom. The lowest BCUT2D eigenvalue weighted by atomic mass is 10.1. The number of anilines is 1. The van der Waals surface area contributed by atoms with Crippen molar-refractivity contribution in [2.75, 3.05) is 5.73 Å². The number of hydrogen-bond acceptors (Lipinski definition) is 6. The second kappa shape index (κ2) is 5.15. The van der Waals surface area contributed by atoms with Crippen LogP contribution in [0.3, 0.4) is 0 Å². The normalized spacial score (nSPS) is 12.2. The molecule has 0 amide bonds. The van der Waals surface area contributed by atoms with Crippen LogP contribution in [0.1, 0.15) is 10.8 Å². The summed E-state index contributed by atoms with van der Waals surface area (Å²) >= 11 is 2.32. The van der Waals surface area contributed by atoms with Crippen molar-refractivity contribution in [1.29, 1.82) is 0 Å². The van der Waals surface area contributed by atoms with Crippen LogP contribution in [0.2, 0.25) is 0 Å². The Hall–Kier alpha value is -1.60. The molecule has 5 nitrogen and oxygen atoms in total. The van der Waals surface area contributed by atoms with Gasteiger partial charge in [0.1, 0.15) is 5.25 Å². The summed E-state index contributed by atoms with van der Waals surface area (Å²) < 4.78 is 0.554. The van der Waals surface area contributed by atoms with Crippen LogP contribution >= 0.6 is 23.1 Å². The van der Waals surface area contributed by atoms with E-state index in [0.717, 1.165) is 17.3 Å². The van der Waals surface area contributed by atoms with Crippen molar-refractivity contribution in [1.82, 2.24) is 10.2 Å². The second-order valence-electron chi connectivity index (χ2n) is 3.15. The molecule has 17 heavy (non-hydrogen) atoms. The maximum atomic E-state index is 11.2. The number of carboxylic acids is 1. The number of carbonyl (C=O) groups is 1. The lowest BCUT2D eigenvalue weighted by Gasteiger charge is -2.09. The van der Waals surface area contributed by atoms with Gasteiger partial charge >= 0.3 is 5.97 Å². The molecule has 2 aromatic rings. The van der Waals surface area contributed by atoms with E-state index in [0.29, 0.717) is 9.47 Å². The molecule has 88 valence electrons. The molecule has 1 aromatic heterocycles. The van der Waals surface area contributed by atoms with E-state index < -0.39 is 11.2 Å². The zero-order chi connectivity index (χ0) is 12.3. The molecule has 1 atom stereocenters. The van der Waals surface area contributed by atoms with Crippen molar-refractivity contribution in [2.24, 2.45) is 0 Å². The van der Waals surface area contributed by atoms with Crippen LogP contribution in [0.4, 0.5) is 5.13 Å². The van der Waals surface area contributed by atoms with Crippen molar-refractivity contribution in [3.63, 3.8) is 0 Å². The third-order valence-electron chi connectivity index (χ3n) is 1.97. The average Bonchev–Trinajstić information content (AvgIpc) is 2.73. The monoisotopic (exact) mass is 267 g/mol. The van der Waals surface area contributed by atoms with Crippen LogP contribution in [0.5, 0.6) is 0 Å². The lowest BCUT2D eigenvalue weighted by molar-refractivity contribution is -0.136. The number of aliphatic carboxylic acids is 1. The molecule has 0 aliphatic rings. The second-order valence-corrected chi connectivity index (χ2v) is 5.51.